The molecule has 0 bridgehead atoms. The number of pyridine rings is 1. The summed E-state index contributed by atoms with van der Waals surface area (Å²) >= 11 is 11.6. The number of likely N-dealkylation sites (tertiary alicyclic amines) is 1. The molecule has 1 aliphatic heterocycles. The van der Waals surface area contributed by atoms with E-state index in [0.717, 1.165) is 6.26 Å². The van der Waals surface area contributed by atoms with Crippen LogP contribution in [0.2, 0.25) is 10.2 Å². The minimum Gasteiger partial charge on any atom is -0.360 e. The second-order valence-electron chi connectivity index (χ2n) is 6.58. The van der Waals surface area contributed by atoms with E-state index in [2.05, 4.69) is 10.1 Å². The lowest BCUT2D eigenvalue weighted by atomic mass is 9.92. The van der Waals surface area contributed by atoms with Crippen molar-refractivity contribution in [1.82, 2.24) is 15.0 Å². The second-order valence-corrected chi connectivity index (χ2v) is 9.39. The van der Waals surface area contributed by atoms with Gasteiger partial charge in [0.15, 0.2) is 15.0 Å². The fourth-order valence-electron chi connectivity index (χ4n) is 3.23. The summed E-state index contributed by atoms with van der Waals surface area (Å²) < 4.78 is 29.1. The van der Waals surface area contributed by atoms with E-state index in [-0.39, 0.29) is 21.9 Å². The van der Waals surface area contributed by atoms with E-state index < -0.39 is 9.84 Å². The third kappa shape index (κ3) is 5.00. The number of aryl methyl sites for hydroxylation is 1. The van der Waals surface area contributed by atoms with Crippen molar-refractivity contribution >= 4 is 38.9 Å². The summed E-state index contributed by atoms with van der Waals surface area (Å²) in [6, 6.07) is 3.04. The molecule has 0 radical (unpaired) electrons. The standard InChI is InChI=1S/C17H19Cl2N3O4S/c1-27(24,25)14-8-12(18)10-20-17(14)11-4-6-22(7-5-11)16(23)3-2-13-9-15(19)21-26-13/h8-11H,2-7H2,1H3. The number of halogens is 2. The SMILES string of the molecule is CS(=O)(=O)c1cc(Cl)cnc1C1CCN(C(=O)CCc2cc(Cl)no2)CC1. The van der Waals surface area contributed by atoms with E-state index in [1.54, 1.807) is 11.0 Å². The topological polar surface area (TPSA) is 93.4 Å². The Morgan fingerprint density at radius 2 is 2.00 bits per heavy atom. The molecule has 0 aliphatic carbocycles. The molecule has 1 amide bonds. The maximum atomic E-state index is 12.4. The minimum absolute atomic E-state index is 0.0216. The van der Waals surface area contributed by atoms with Crippen LogP contribution in [0.1, 0.15) is 36.6 Å². The highest BCUT2D eigenvalue weighted by Crippen LogP contribution is 2.32. The number of amides is 1. The summed E-state index contributed by atoms with van der Waals surface area (Å²) in [5, 5.41) is 4.15. The molecule has 1 saturated heterocycles. The molecule has 0 N–H and O–H groups in total. The zero-order valence-electron chi connectivity index (χ0n) is 14.7. The van der Waals surface area contributed by atoms with Gasteiger partial charge in [0.2, 0.25) is 5.91 Å². The lowest BCUT2D eigenvalue weighted by Crippen LogP contribution is -2.38. The number of sulfone groups is 1. The van der Waals surface area contributed by atoms with Gasteiger partial charge >= 0.3 is 0 Å². The first-order chi connectivity index (χ1) is 12.7. The van der Waals surface area contributed by atoms with Crippen molar-refractivity contribution in [3.8, 4) is 0 Å². The summed E-state index contributed by atoms with van der Waals surface area (Å²) in [4.78, 5) is 18.6. The molecule has 3 rings (SSSR count). The molecule has 1 aliphatic rings. The van der Waals surface area contributed by atoms with Crippen LogP contribution in [-0.4, -0.2) is 48.7 Å². The van der Waals surface area contributed by atoms with Gasteiger partial charge in [0.05, 0.1) is 15.6 Å². The number of carbonyl (C=O) groups is 1. The first-order valence-electron chi connectivity index (χ1n) is 8.48. The Labute approximate surface area is 167 Å². The molecular formula is C17H19Cl2N3O4S. The number of hydrogen-bond acceptors (Lipinski definition) is 6. The second kappa shape index (κ2) is 8.16. The number of piperidine rings is 1. The first kappa shape index (κ1) is 20.1. The first-order valence-corrected chi connectivity index (χ1v) is 11.1. The molecule has 2 aromatic heterocycles. The van der Waals surface area contributed by atoms with E-state index >= 15 is 0 Å². The average molecular weight is 432 g/mol. The van der Waals surface area contributed by atoms with Crippen LogP contribution in [0, 0.1) is 0 Å². The largest absolute Gasteiger partial charge is 0.360 e. The molecule has 2 aromatic rings. The quantitative estimate of drug-likeness (QED) is 0.721. The lowest BCUT2D eigenvalue weighted by molar-refractivity contribution is -0.132. The van der Waals surface area contributed by atoms with Gasteiger partial charge in [0.1, 0.15) is 5.76 Å². The van der Waals surface area contributed by atoms with E-state index in [1.165, 1.54) is 12.3 Å². The molecule has 0 unspecified atom stereocenters. The average Bonchev–Trinajstić information content (AvgIpc) is 3.04. The number of nitrogens with zero attached hydrogens (tertiary/aromatic N) is 3. The zero-order valence-corrected chi connectivity index (χ0v) is 17.0. The van der Waals surface area contributed by atoms with Gasteiger partial charge in [-0.3, -0.25) is 9.78 Å². The summed E-state index contributed by atoms with van der Waals surface area (Å²) in [7, 11) is -3.43. The summed E-state index contributed by atoms with van der Waals surface area (Å²) in [6.45, 7) is 1.10. The maximum Gasteiger partial charge on any atom is 0.223 e. The van der Waals surface area contributed by atoms with Crippen molar-refractivity contribution in [3.63, 3.8) is 0 Å². The number of aromatic nitrogens is 2. The van der Waals surface area contributed by atoms with Crippen LogP contribution in [-0.2, 0) is 21.1 Å². The van der Waals surface area contributed by atoms with Gasteiger partial charge in [-0.05, 0) is 18.9 Å². The Balaban J connectivity index is 1.61. The van der Waals surface area contributed by atoms with E-state index in [1.807, 2.05) is 0 Å². The fraction of sp³-hybridized carbons (Fsp3) is 0.471. The van der Waals surface area contributed by atoms with Gasteiger partial charge in [0, 0.05) is 50.4 Å². The lowest BCUT2D eigenvalue weighted by Gasteiger charge is -2.32. The zero-order chi connectivity index (χ0) is 19.6. The highest BCUT2D eigenvalue weighted by Gasteiger charge is 2.28. The third-order valence-electron chi connectivity index (χ3n) is 4.60. The molecular weight excluding hydrogens is 413 g/mol. The fourth-order valence-corrected chi connectivity index (χ4v) is 4.55. The van der Waals surface area contributed by atoms with Crippen LogP contribution in [0.3, 0.4) is 0 Å². The monoisotopic (exact) mass is 431 g/mol. The number of carbonyl (C=O) groups excluding carboxylic acids is 1. The smallest absolute Gasteiger partial charge is 0.223 e. The van der Waals surface area contributed by atoms with Crippen LogP contribution in [0.25, 0.3) is 0 Å². The Bertz CT molecular complexity index is 937. The molecule has 27 heavy (non-hydrogen) atoms. The molecule has 1 fully saturated rings. The molecule has 0 saturated carbocycles. The van der Waals surface area contributed by atoms with Gasteiger partial charge < -0.3 is 9.42 Å². The molecule has 3 heterocycles. The van der Waals surface area contributed by atoms with Crippen LogP contribution < -0.4 is 0 Å². The van der Waals surface area contributed by atoms with Gasteiger partial charge in [-0.1, -0.05) is 28.4 Å². The summed E-state index contributed by atoms with van der Waals surface area (Å²) in [5.41, 5.74) is 0.533. The molecule has 0 atom stereocenters. The number of rotatable bonds is 5. The summed E-state index contributed by atoms with van der Waals surface area (Å²) in [5.74, 6) is 0.573. The molecule has 7 nitrogen and oxygen atoms in total. The summed E-state index contributed by atoms with van der Waals surface area (Å²) in [6.07, 6.45) is 4.66. The maximum absolute atomic E-state index is 12.4. The van der Waals surface area contributed by atoms with Crippen molar-refractivity contribution in [2.75, 3.05) is 19.3 Å². The Morgan fingerprint density at radius 1 is 1.30 bits per heavy atom. The molecule has 0 aromatic carbocycles. The van der Waals surface area contributed by atoms with Crippen LogP contribution in [0.15, 0.2) is 27.7 Å². The van der Waals surface area contributed by atoms with Gasteiger partial charge in [-0.25, -0.2) is 8.42 Å². The minimum atomic E-state index is -3.43. The van der Waals surface area contributed by atoms with Crippen molar-refractivity contribution in [1.29, 1.82) is 0 Å². The van der Waals surface area contributed by atoms with Crippen molar-refractivity contribution in [2.45, 2.75) is 36.5 Å². The van der Waals surface area contributed by atoms with Gasteiger partial charge in [0.25, 0.3) is 0 Å². The molecule has 146 valence electrons. The van der Waals surface area contributed by atoms with Crippen molar-refractivity contribution in [2.24, 2.45) is 0 Å². The predicted octanol–water partition coefficient (Wildman–Crippen LogP) is 3.12. The van der Waals surface area contributed by atoms with Crippen LogP contribution in [0.5, 0.6) is 0 Å². The van der Waals surface area contributed by atoms with Crippen molar-refractivity contribution < 1.29 is 17.7 Å². The molecule has 0 spiro atoms. The van der Waals surface area contributed by atoms with Crippen molar-refractivity contribution in [3.05, 3.63) is 40.0 Å². The van der Waals surface area contributed by atoms with Gasteiger partial charge in [-0.2, -0.15) is 0 Å². The van der Waals surface area contributed by atoms with E-state index in [0.29, 0.717) is 55.2 Å². The Hall–Kier alpha value is -1.64. The third-order valence-corrected chi connectivity index (χ3v) is 6.11. The van der Waals surface area contributed by atoms with Crippen LogP contribution in [0.4, 0.5) is 0 Å². The normalized spacial score (nSPS) is 15.9. The Morgan fingerprint density at radius 3 is 2.59 bits per heavy atom. The molecule has 10 heteroatoms. The highest BCUT2D eigenvalue weighted by molar-refractivity contribution is 7.90. The predicted molar refractivity (Wildman–Crippen MR) is 101 cm³/mol. The van der Waals surface area contributed by atoms with Crippen LogP contribution >= 0.6 is 23.2 Å². The Kier molecular flexibility index (Phi) is 6.08. The van der Waals surface area contributed by atoms with E-state index in [9.17, 15) is 13.2 Å². The highest BCUT2D eigenvalue weighted by atomic mass is 35.5. The van der Waals surface area contributed by atoms with E-state index in [4.69, 9.17) is 27.7 Å². The van der Waals surface area contributed by atoms with Gasteiger partial charge in [-0.15, -0.1) is 0 Å². The number of hydrogen-bond donors (Lipinski definition) is 0.